The first-order chi connectivity index (χ1) is 10.3. The SMILES string of the molecule is CS(=O)(=O)N1CC2(CCN(CC(N)=O)CC2)c2ccccc21. The third kappa shape index (κ3) is 2.59. The number of nitrogens with two attached hydrogens (primary N) is 1. The molecular formula is C15H21N3O3S. The normalized spacial score (nSPS) is 21.0. The Kier molecular flexibility index (Phi) is 3.65. The second kappa shape index (κ2) is 5.24. The third-order valence-corrected chi connectivity index (χ3v) is 5.91. The summed E-state index contributed by atoms with van der Waals surface area (Å²) in [7, 11) is -3.28. The molecule has 3 rings (SSSR count). The van der Waals surface area contributed by atoms with E-state index in [1.807, 2.05) is 29.2 Å². The third-order valence-electron chi connectivity index (χ3n) is 4.78. The Morgan fingerprint density at radius 2 is 1.91 bits per heavy atom. The molecule has 2 aliphatic rings. The molecular weight excluding hydrogens is 302 g/mol. The van der Waals surface area contributed by atoms with E-state index in [0.717, 1.165) is 37.2 Å². The number of likely N-dealkylation sites (tertiary alicyclic amines) is 1. The lowest BCUT2D eigenvalue weighted by atomic mass is 9.74. The molecule has 1 aromatic rings. The Hall–Kier alpha value is -1.60. The van der Waals surface area contributed by atoms with E-state index in [4.69, 9.17) is 5.73 Å². The fraction of sp³-hybridized carbons (Fsp3) is 0.533. The van der Waals surface area contributed by atoms with Crippen molar-refractivity contribution in [2.24, 2.45) is 5.73 Å². The number of hydrogen-bond acceptors (Lipinski definition) is 4. The summed E-state index contributed by atoms with van der Waals surface area (Å²) in [6.45, 7) is 2.28. The minimum absolute atomic E-state index is 0.145. The van der Waals surface area contributed by atoms with Crippen molar-refractivity contribution in [1.82, 2.24) is 4.90 Å². The van der Waals surface area contributed by atoms with E-state index in [1.165, 1.54) is 10.6 Å². The smallest absolute Gasteiger partial charge is 0.232 e. The molecule has 2 heterocycles. The highest BCUT2D eigenvalue weighted by molar-refractivity contribution is 7.92. The van der Waals surface area contributed by atoms with Crippen LogP contribution in [-0.4, -0.2) is 51.7 Å². The number of sulfonamides is 1. The predicted molar refractivity (Wildman–Crippen MR) is 85.2 cm³/mol. The number of anilines is 1. The monoisotopic (exact) mass is 323 g/mol. The second-order valence-corrected chi connectivity index (χ2v) is 8.22. The van der Waals surface area contributed by atoms with Gasteiger partial charge < -0.3 is 5.73 Å². The van der Waals surface area contributed by atoms with Gasteiger partial charge in [0.2, 0.25) is 15.9 Å². The second-order valence-electron chi connectivity index (χ2n) is 6.31. The molecule has 0 saturated carbocycles. The maximum atomic E-state index is 12.1. The molecule has 0 atom stereocenters. The van der Waals surface area contributed by atoms with Crippen LogP contribution in [0.1, 0.15) is 18.4 Å². The molecule has 0 unspecified atom stereocenters. The van der Waals surface area contributed by atoms with E-state index in [-0.39, 0.29) is 17.9 Å². The van der Waals surface area contributed by atoms with E-state index in [2.05, 4.69) is 0 Å². The van der Waals surface area contributed by atoms with Crippen molar-refractivity contribution in [2.45, 2.75) is 18.3 Å². The van der Waals surface area contributed by atoms with Crippen LogP contribution in [0.25, 0.3) is 0 Å². The Morgan fingerprint density at radius 3 is 2.50 bits per heavy atom. The molecule has 6 nitrogen and oxygen atoms in total. The van der Waals surface area contributed by atoms with Crippen molar-refractivity contribution >= 4 is 21.6 Å². The van der Waals surface area contributed by atoms with Crippen LogP contribution >= 0.6 is 0 Å². The summed E-state index contributed by atoms with van der Waals surface area (Å²) in [5.41, 5.74) is 7.02. The first-order valence-electron chi connectivity index (χ1n) is 7.40. The molecule has 0 radical (unpaired) electrons. The van der Waals surface area contributed by atoms with Crippen LogP contribution in [0.2, 0.25) is 0 Å². The molecule has 0 bridgehead atoms. The van der Waals surface area contributed by atoms with E-state index in [1.54, 1.807) is 0 Å². The summed E-state index contributed by atoms with van der Waals surface area (Å²) in [5.74, 6) is -0.319. The number of carbonyl (C=O) groups excluding carboxylic acids is 1. The molecule has 1 spiro atoms. The highest BCUT2D eigenvalue weighted by Crippen LogP contribution is 2.47. The van der Waals surface area contributed by atoms with E-state index < -0.39 is 10.0 Å². The number of nitrogens with zero attached hydrogens (tertiary/aromatic N) is 2. The summed E-state index contributed by atoms with van der Waals surface area (Å²) in [5, 5.41) is 0. The van der Waals surface area contributed by atoms with Crippen LogP contribution in [0.15, 0.2) is 24.3 Å². The zero-order valence-corrected chi connectivity index (χ0v) is 13.5. The van der Waals surface area contributed by atoms with Gasteiger partial charge in [0.15, 0.2) is 0 Å². The zero-order valence-electron chi connectivity index (χ0n) is 12.7. The molecule has 1 saturated heterocycles. The van der Waals surface area contributed by atoms with Crippen LogP contribution in [0.5, 0.6) is 0 Å². The fourth-order valence-electron chi connectivity index (χ4n) is 3.67. The van der Waals surface area contributed by atoms with Gasteiger partial charge in [-0.2, -0.15) is 0 Å². The zero-order chi connectivity index (χ0) is 16.0. The quantitative estimate of drug-likeness (QED) is 0.866. The van der Waals surface area contributed by atoms with Gasteiger partial charge >= 0.3 is 0 Å². The lowest BCUT2D eigenvalue weighted by Crippen LogP contribution is -2.47. The lowest BCUT2D eigenvalue weighted by Gasteiger charge is -2.39. The predicted octanol–water partition coefficient (Wildman–Crippen LogP) is 0.285. The average Bonchev–Trinajstić information content (AvgIpc) is 2.77. The average molecular weight is 323 g/mol. The summed E-state index contributed by atoms with van der Waals surface area (Å²) in [6.07, 6.45) is 2.93. The van der Waals surface area contributed by atoms with Gasteiger partial charge in [-0.15, -0.1) is 0 Å². The number of para-hydroxylation sites is 1. The van der Waals surface area contributed by atoms with Crippen molar-refractivity contribution in [3.8, 4) is 0 Å². The number of hydrogen-bond donors (Lipinski definition) is 1. The Bertz CT molecular complexity index is 694. The first kappa shape index (κ1) is 15.3. The van der Waals surface area contributed by atoms with Gasteiger partial charge in [-0.3, -0.25) is 14.0 Å². The van der Waals surface area contributed by atoms with Crippen LogP contribution in [0.4, 0.5) is 5.69 Å². The molecule has 22 heavy (non-hydrogen) atoms. The van der Waals surface area contributed by atoms with Crippen molar-refractivity contribution < 1.29 is 13.2 Å². The van der Waals surface area contributed by atoms with Gasteiger partial charge in [0.05, 0.1) is 18.5 Å². The van der Waals surface area contributed by atoms with Gasteiger partial charge in [-0.05, 0) is 37.6 Å². The number of fused-ring (bicyclic) bond motifs is 2. The number of primary amides is 1. The van der Waals surface area contributed by atoms with Gasteiger partial charge in [0.1, 0.15) is 0 Å². The number of piperidine rings is 1. The minimum Gasteiger partial charge on any atom is -0.369 e. The van der Waals surface area contributed by atoms with Crippen LogP contribution in [-0.2, 0) is 20.2 Å². The lowest BCUT2D eigenvalue weighted by molar-refractivity contribution is -0.119. The van der Waals surface area contributed by atoms with Crippen LogP contribution < -0.4 is 10.0 Å². The summed E-state index contributed by atoms with van der Waals surface area (Å²) in [6, 6.07) is 7.74. The summed E-state index contributed by atoms with van der Waals surface area (Å²) in [4.78, 5) is 13.1. The van der Waals surface area contributed by atoms with Gasteiger partial charge in [-0.1, -0.05) is 18.2 Å². The minimum atomic E-state index is -3.28. The van der Waals surface area contributed by atoms with Crippen molar-refractivity contribution in [1.29, 1.82) is 0 Å². The molecule has 0 aromatic heterocycles. The first-order valence-corrected chi connectivity index (χ1v) is 9.25. The molecule has 120 valence electrons. The topological polar surface area (TPSA) is 83.7 Å². The van der Waals surface area contributed by atoms with Crippen LogP contribution in [0, 0.1) is 0 Å². The van der Waals surface area contributed by atoms with E-state index in [9.17, 15) is 13.2 Å². The molecule has 2 aliphatic heterocycles. The Labute approximate surface area is 130 Å². The number of amides is 1. The molecule has 1 amide bonds. The maximum absolute atomic E-state index is 12.1. The highest BCUT2D eigenvalue weighted by Gasteiger charge is 2.46. The number of benzene rings is 1. The summed E-state index contributed by atoms with van der Waals surface area (Å²) >= 11 is 0. The number of rotatable bonds is 3. The van der Waals surface area contributed by atoms with E-state index >= 15 is 0 Å². The largest absolute Gasteiger partial charge is 0.369 e. The molecule has 0 aliphatic carbocycles. The van der Waals surface area contributed by atoms with Gasteiger partial charge in [-0.25, -0.2) is 8.42 Å². The van der Waals surface area contributed by atoms with Crippen LogP contribution in [0.3, 0.4) is 0 Å². The van der Waals surface area contributed by atoms with Gasteiger partial charge in [0.25, 0.3) is 0 Å². The molecule has 2 N–H and O–H groups in total. The van der Waals surface area contributed by atoms with E-state index in [0.29, 0.717) is 6.54 Å². The standard InChI is InChI=1S/C15H21N3O3S/c1-22(20,21)18-11-15(12-4-2-3-5-13(12)18)6-8-17(9-7-15)10-14(16)19/h2-5H,6-11H2,1H3,(H2,16,19). The van der Waals surface area contributed by atoms with Crippen molar-refractivity contribution in [2.75, 3.05) is 36.7 Å². The maximum Gasteiger partial charge on any atom is 0.232 e. The Morgan fingerprint density at radius 1 is 1.27 bits per heavy atom. The molecule has 1 aromatic carbocycles. The molecule has 1 fully saturated rings. The Balaban J connectivity index is 1.89. The van der Waals surface area contributed by atoms with Gasteiger partial charge in [0, 0.05) is 12.0 Å². The highest BCUT2D eigenvalue weighted by atomic mass is 32.2. The summed E-state index contributed by atoms with van der Waals surface area (Å²) < 4.78 is 25.7. The van der Waals surface area contributed by atoms with Crippen molar-refractivity contribution in [3.05, 3.63) is 29.8 Å². The van der Waals surface area contributed by atoms with Crippen molar-refractivity contribution in [3.63, 3.8) is 0 Å². The molecule has 7 heteroatoms. The number of carbonyl (C=O) groups is 1. The fourth-order valence-corrected chi connectivity index (χ4v) is 4.67.